The lowest BCUT2D eigenvalue weighted by atomic mass is 10.2. The number of fused-ring (bicyclic) bond motifs is 2. The van der Waals surface area contributed by atoms with Crippen molar-refractivity contribution < 1.29 is 4.74 Å². The lowest BCUT2D eigenvalue weighted by Crippen LogP contribution is -2.44. The van der Waals surface area contributed by atoms with E-state index < -0.39 is 0 Å². The molecule has 1 aliphatic heterocycles. The van der Waals surface area contributed by atoms with Gasteiger partial charge in [-0.1, -0.05) is 5.21 Å². The zero-order valence-corrected chi connectivity index (χ0v) is 20.5. The van der Waals surface area contributed by atoms with Gasteiger partial charge in [0.25, 0.3) is 0 Å². The maximum atomic E-state index is 6.14. The number of anilines is 3. The predicted molar refractivity (Wildman–Crippen MR) is 140 cm³/mol. The van der Waals surface area contributed by atoms with E-state index in [1.165, 1.54) is 0 Å². The predicted octanol–water partition coefficient (Wildman–Crippen LogP) is 3.87. The number of ether oxygens (including phenoxy) is 1. The van der Waals surface area contributed by atoms with Gasteiger partial charge < -0.3 is 20.3 Å². The Morgan fingerprint density at radius 2 is 1.81 bits per heavy atom. The summed E-state index contributed by atoms with van der Waals surface area (Å²) in [7, 11) is 1.87. The van der Waals surface area contributed by atoms with E-state index >= 15 is 0 Å². The quantitative estimate of drug-likeness (QED) is 0.387. The van der Waals surface area contributed by atoms with Crippen LogP contribution in [0.15, 0.2) is 48.8 Å². The van der Waals surface area contributed by atoms with Gasteiger partial charge in [0.15, 0.2) is 5.82 Å². The number of nitrogens with one attached hydrogen (secondary N) is 2. The minimum absolute atomic E-state index is 0.678. The molecule has 36 heavy (non-hydrogen) atoms. The largest absolute Gasteiger partial charge is 0.457 e. The highest BCUT2D eigenvalue weighted by molar-refractivity contribution is 5.89. The van der Waals surface area contributed by atoms with Crippen LogP contribution in [-0.4, -0.2) is 56.1 Å². The summed E-state index contributed by atoms with van der Waals surface area (Å²) >= 11 is 0. The second-order valence-corrected chi connectivity index (χ2v) is 9.03. The molecule has 1 fully saturated rings. The van der Waals surface area contributed by atoms with Crippen molar-refractivity contribution in [2.45, 2.75) is 13.8 Å². The van der Waals surface area contributed by atoms with Crippen molar-refractivity contribution in [1.29, 1.82) is 0 Å². The molecule has 0 radical (unpaired) electrons. The van der Waals surface area contributed by atoms with Gasteiger partial charge in [0, 0.05) is 45.0 Å². The Labute approximate surface area is 208 Å². The Kier molecular flexibility index (Phi) is 5.57. The molecular weight excluding hydrogens is 454 g/mol. The van der Waals surface area contributed by atoms with Gasteiger partial charge in [0.2, 0.25) is 0 Å². The number of rotatable bonds is 5. The maximum Gasteiger partial charge on any atom is 0.160 e. The van der Waals surface area contributed by atoms with E-state index in [0.717, 1.165) is 76.6 Å². The third kappa shape index (κ3) is 4.16. The van der Waals surface area contributed by atoms with Crippen molar-refractivity contribution >= 4 is 39.4 Å². The van der Waals surface area contributed by atoms with E-state index in [1.807, 2.05) is 50.4 Å². The molecule has 1 aliphatic rings. The number of aromatic nitrogens is 6. The fourth-order valence-corrected chi connectivity index (χ4v) is 4.55. The van der Waals surface area contributed by atoms with Gasteiger partial charge in [-0.3, -0.25) is 0 Å². The molecule has 1 saturated heterocycles. The molecule has 10 nitrogen and oxygen atoms in total. The van der Waals surface area contributed by atoms with Crippen LogP contribution >= 0.6 is 0 Å². The summed E-state index contributed by atoms with van der Waals surface area (Å²) in [4.78, 5) is 16.3. The van der Waals surface area contributed by atoms with Gasteiger partial charge in [-0.15, -0.1) is 5.10 Å². The smallest absolute Gasteiger partial charge is 0.160 e. The van der Waals surface area contributed by atoms with Crippen molar-refractivity contribution in [2.24, 2.45) is 7.05 Å². The Hall–Kier alpha value is -4.31. The molecule has 0 amide bonds. The van der Waals surface area contributed by atoms with Crippen LogP contribution in [0.5, 0.6) is 11.5 Å². The van der Waals surface area contributed by atoms with E-state index in [2.05, 4.69) is 48.8 Å². The Bertz CT molecular complexity index is 1570. The minimum atomic E-state index is 0.678. The molecule has 0 spiro atoms. The lowest BCUT2D eigenvalue weighted by molar-refractivity contribution is 0.479. The molecule has 6 rings (SSSR count). The summed E-state index contributed by atoms with van der Waals surface area (Å²) < 4.78 is 7.89. The summed E-state index contributed by atoms with van der Waals surface area (Å²) in [5, 5.41) is 15.1. The molecule has 0 aliphatic carbocycles. The van der Waals surface area contributed by atoms with Crippen molar-refractivity contribution in [3.63, 3.8) is 0 Å². The Morgan fingerprint density at radius 1 is 0.944 bits per heavy atom. The lowest BCUT2D eigenvalue weighted by Gasteiger charge is -2.29. The van der Waals surface area contributed by atoms with E-state index in [0.29, 0.717) is 11.6 Å². The summed E-state index contributed by atoms with van der Waals surface area (Å²) in [6.07, 6.45) is 1.57. The third-order valence-electron chi connectivity index (χ3n) is 6.44. The highest BCUT2D eigenvalue weighted by atomic mass is 16.5. The van der Waals surface area contributed by atoms with Crippen molar-refractivity contribution in [3.8, 4) is 11.5 Å². The van der Waals surface area contributed by atoms with Crippen LogP contribution < -0.4 is 20.3 Å². The van der Waals surface area contributed by atoms with E-state index in [4.69, 9.17) is 9.72 Å². The number of benzene rings is 2. The van der Waals surface area contributed by atoms with E-state index in [1.54, 1.807) is 11.0 Å². The third-order valence-corrected chi connectivity index (χ3v) is 6.44. The molecule has 10 heteroatoms. The van der Waals surface area contributed by atoms with E-state index in [9.17, 15) is 0 Å². The summed E-state index contributed by atoms with van der Waals surface area (Å²) in [6, 6.07) is 13.8. The second kappa shape index (κ2) is 9.04. The number of hydrogen-bond acceptors (Lipinski definition) is 9. The van der Waals surface area contributed by atoms with Crippen LogP contribution in [0.25, 0.3) is 22.1 Å². The molecule has 3 aromatic heterocycles. The van der Waals surface area contributed by atoms with Gasteiger partial charge in [0.05, 0.1) is 11.0 Å². The second-order valence-electron chi connectivity index (χ2n) is 9.03. The highest BCUT2D eigenvalue weighted by Crippen LogP contribution is 2.31. The minimum Gasteiger partial charge on any atom is -0.457 e. The van der Waals surface area contributed by atoms with E-state index in [-0.39, 0.29) is 0 Å². The van der Waals surface area contributed by atoms with Gasteiger partial charge in [-0.05, 0) is 61.4 Å². The molecule has 5 aromatic rings. The van der Waals surface area contributed by atoms with Gasteiger partial charge in [0.1, 0.15) is 34.7 Å². The number of aryl methyl sites for hydroxylation is 3. The van der Waals surface area contributed by atoms with Crippen LogP contribution in [0.3, 0.4) is 0 Å². The number of piperazine rings is 1. The standard InChI is InChI=1S/C26H27N9O/c1-16-12-18(4-7-23(16)36-19-5-6-22-20(14-19)32-33-34(22)3)30-25-24-21(28-15-29-25)13-17(2)26(31-24)35-10-8-27-9-11-35/h4-7,12-15,27H,8-11H2,1-3H3,(H,28,29,30). The number of nitrogens with zero attached hydrogens (tertiary/aromatic N) is 7. The molecule has 4 heterocycles. The summed E-state index contributed by atoms with van der Waals surface area (Å²) in [5.74, 6) is 3.15. The molecule has 182 valence electrons. The first-order chi connectivity index (χ1) is 17.5. The maximum absolute atomic E-state index is 6.14. The first kappa shape index (κ1) is 22.2. The van der Waals surface area contributed by atoms with Gasteiger partial charge in [-0.25, -0.2) is 19.6 Å². The first-order valence-electron chi connectivity index (χ1n) is 12.0. The van der Waals surface area contributed by atoms with Crippen molar-refractivity contribution in [2.75, 3.05) is 36.4 Å². The van der Waals surface area contributed by atoms with Crippen molar-refractivity contribution in [3.05, 3.63) is 59.9 Å². The van der Waals surface area contributed by atoms with Crippen LogP contribution in [0.1, 0.15) is 11.1 Å². The van der Waals surface area contributed by atoms with Crippen molar-refractivity contribution in [1.82, 2.24) is 35.3 Å². The zero-order valence-electron chi connectivity index (χ0n) is 20.5. The molecule has 2 aromatic carbocycles. The van der Waals surface area contributed by atoms with Gasteiger partial charge in [-0.2, -0.15) is 0 Å². The normalized spacial score (nSPS) is 13.9. The Balaban J connectivity index is 1.27. The summed E-state index contributed by atoms with van der Waals surface area (Å²) in [5.41, 5.74) is 6.33. The molecule has 2 N–H and O–H groups in total. The number of hydrogen-bond donors (Lipinski definition) is 2. The first-order valence-corrected chi connectivity index (χ1v) is 12.0. The topological polar surface area (TPSA) is 106 Å². The molecule has 0 atom stereocenters. The highest BCUT2D eigenvalue weighted by Gasteiger charge is 2.17. The zero-order chi connectivity index (χ0) is 24.6. The SMILES string of the molecule is Cc1cc(Nc2ncnc3cc(C)c(N4CCNCC4)nc23)ccc1Oc1ccc2c(c1)nnn2C. The van der Waals surface area contributed by atoms with Crippen LogP contribution in [0.2, 0.25) is 0 Å². The fraction of sp³-hybridized carbons (Fsp3) is 0.269. The average molecular weight is 482 g/mol. The Morgan fingerprint density at radius 3 is 2.64 bits per heavy atom. The molecule has 0 bridgehead atoms. The molecule has 0 unspecified atom stereocenters. The fourth-order valence-electron chi connectivity index (χ4n) is 4.55. The van der Waals surface area contributed by atoms with Crippen LogP contribution in [-0.2, 0) is 7.05 Å². The van der Waals surface area contributed by atoms with Gasteiger partial charge >= 0.3 is 0 Å². The van der Waals surface area contributed by atoms with Crippen LogP contribution in [0.4, 0.5) is 17.3 Å². The summed E-state index contributed by atoms with van der Waals surface area (Å²) in [6.45, 7) is 7.87. The number of pyridine rings is 1. The molecular formula is C26H27N9O. The monoisotopic (exact) mass is 481 g/mol. The average Bonchev–Trinajstić information content (AvgIpc) is 3.26. The molecule has 0 saturated carbocycles. The van der Waals surface area contributed by atoms with Crippen LogP contribution in [0, 0.1) is 13.8 Å².